The highest BCUT2D eigenvalue weighted by molar-refractivity contribution is 5.89. The van der Waals surface area contributed by atoms with Crippen LogP contribution in [0.4, 0.5) is 0 Å². The van der Waals surface area contributed by atoms with E-state index in [1.807, 2.05) is 25.7 Å². The van der Waals surface area contributed by atoms with Gasteiger partial charge in [0, 0.05) is 38.6 Å². The summed E-state index contributed by atoms with van der Waals surface area (Å²) in [4.78, 5) is 14.7. The predicted molar refractivity (Wildman–Crippen MR) is 84.6 cm³/mol. The van der Waals surface area contributed by atoms with Gasteiger partial charge in [0.25, 0.3) is 0 Å². The van der Waals surface area contributed by atoms with Gasteiger partial charge in [-0.3, -0.25) is 4.79 Å². The third-order valence-electron chi connectivity index (χ3n) is 5.21. The monoisotopic (exact) mass is 320 g/mol. The van der Waals surface area contributed by atoms with Crippen LogP contribution in [-0.4, -0.2) is 55.4 Å². The van der Waals surface area contributed by atoms with E-state index < -0.39 is 5.54 Å². The molecule has 2 rings (SSSR count). The number of carbonyl (C=O) groups is 1. The zero-order valence-electron chi connectivity index (χ0n) is 13.6. The Kier molecular flexibility index (Phi) is 6.07. The van der Waals surface area contributed by atoms with Gasteiger partial charge in [-0.05, 0) is 19.8 Å². The molecule has 1 heterocycles. The van der Waals surface area contributed by atoms with E-state index in [1.54, 1.807) is 7.11 Å². The molecule has 3 unspecified atom stereocenters. The van der Waals surface area contributed by atoms with E-state index in [9.17, 15) is 4.79 Å². The molecule has 6 heteroatoms. The average Bonchev–Trinajstić information content (AvgIpc) is 2.46. The Morgan fingerprint density at radius 3 is 2.62 bits per heavy atom. The van der Waals surface area contributed by atoms with Crippen LogP contribution in [0.25, 0.3) is 0 Å². The molecule has 0 bridgehead atoms. The molecule has 0 aromatic carbocycles. The summed E-state index contributed by atoms with van der Waals surface area (Å²) in [5.74, 6) is 0.0557. The van der Waals surface area contributed by atoms with Crippen molar-refractivity contribution >= 4 is 18.3 Å². The highest BCUT2D eigenvalue weighted by Gasteiger charge is 2.63. The van der Waals surface area contributed by atoms with Crippen LogP contribution in [0.15, 0.2) is 0 Å². The minimum atomic E-state index is -0.803. The average molecular weight is 321 g/mol. The molecule has 1 saturated heterocycles. The first-order valence-corrected chi connectivity index (χ1v) is 7.59. The number of carbonyl (C=O) groups excluding carboxylic acids is 1. The number of likely N-dealkylation sites (tertiary alicyclic amines) is 1. The minimum Gasteiger partial charge on any atom is -0.380 e. The molecule has 21 heavy (non-hydrogen) atoms. The molecule has 0 radical (unpaired) electrons. The van der Waals surface area contributed by atoms with Gasteiger partial charge in [0.2, 0.25) is 5.91 Å². The molecule has 1 saturated carbocycles. The van der Waals surface area contributed by atoms with Crippen molar-refractivity contribution < 1.29 is 14.3 Å². The first kappa shape index (κ1) is 18.7. The summed E-state index contributed by atoms with van der Waals surface area (Å²) in [5.41, 5.74) is 5.33. The molecular formula is C15H29ClN2O3. The van der Waals surface area contributed by atoms with Crippen molar-refractivity contribution in [1.82, 2.24) is 4.90 Å². The summed E-state index contributed by atoms with van der Waals surface area (Å²) in [7, 11) is 1.70. The number of nitrogens with two attached hydrogens (primary N) is 1. The van der Waals surface area contributed by atoms with Gasteiger partial charge in [0.05, 0.1) is 12.2 Å². The zero-order chi connectivity index (χ0) is 15.0. The summed E-state index contributed by atoms with van der Waals surface area (Å²) in [5, 5.41) is 0. The number of hydrogen-bond donors (Lipinski definition) is 1. The van der Waals surface area contributed by atoms with Crippen LogP contribution in [0.1, 0.15) is 40.0 Å². The number of hydrogen-bond acceptors (Lipinski definition) is 4. The quantitative estimate of drug-likeness (QED) is 0.854. The van der Waals surface area contributed by atoms with Crippen LogP contribution < -0.4 is 5.73 Å². The summed E-state index contributed by atoms with van der Waals surface area (Å²) < 4.78 is 11.1. The lowest BCUT2D eigenvalue weighted by atomic mass is 9.54. The van der Waals surface area contributed by atoms with Crippen LogP contribution >= 0.6 is 12.4 Å². The number of piperidine rings is 1. The lowest BCUT2D eigenvalue weighted by Gasteiger charge is -2.59. The molecule has 5 nitrogen and oxygen atoms in total. The largest absolute Gasteiger partial charge is 0.380 e. The van der Waals surface area contributed by atoms with Crippen molar-refractivity contribution in [1.29, 1.82) is 0 Å². The van der Waals surface area contributed by atoms with Crippen LogP contribution in [-0.2, 0) is 14.3 Å². The van der Waals surface area contributed by atoms with E-state index in [2.05, 4.69) is 0 Å². The van der Waals surface area contributed by atoms with Gasteiger partial charge in [0.1, 0.15) is 5.54 Å². The molecule has 1 aliphatic heterocycles. The van der Waals surface area contributed by atoms with Crippen LogP contribution in [0.3, 0.4) is 0 Å². The molecule has 1 aliphatic carbocycles. The van der Waals surface area contributed by atoms with Crippen LogP contribution in [0.5, 0.6) is 0 Å². The molecule has 2 N–H and O–H groups in total. The van der Waals surface area contributed by atoms with Gasteiger partial charge >= 0.3 is 0 Å². The number of ether oxygens (including phenoxy) is 2. The predicted octanol–water partition coefficient (Wildman–Crippen LogP) is 1.58. The lowest BCUT2D eigenvalue weighted by Crippen LogP contribution is -2.76. The fourth-order valence-electron chi connectivity index (χ4n) is 3.40. The van der Waals surface area contributed by atoms with Gasteiger partial charge in [0.15, 0.2) is 0 Å². The first-order chi connectivity index (χ1) is 9.36. The molecule has 0 spiro atoms. The molecule has 124 valence electrons. The van der Waals surface area contributed by atoms with Crippen molar-refractivity contribution in [2.45, 2.75) is 57.8 Å². The number of methoxy groups -OCH3 is 1. The van der Waals surface area contributed by atoms with Gasteiger partial charge in [-0.25, -0.2) is 0 Å². The zero-order valence-corrected chi connectivity index (χ0v) is 14.4. The van der Waals surface area contributed by atoms with Gasteiger partial charge < -0.3 is 20.1 Å². The molecule has 2 fully saturated rings. The second-order valence-electron chi connectivity index (χ2n) is 6.59. The minimum absolute atomic E-state index is 0. The van der Waals surface area contributed by atoms with Crippen molar-refractivity contribution in [3.8, 4) is 0 Å². The first-order valence-electron chi connectivity index (χ1n) is 7.59. The smallest absolute Gasteiger partial charge is 0.243 e. The van der Waals surface area contributed by atoms with E-state index in [4.69, 9.17) is 15.2 Å². The van der Waals surface area contributed by atoms with E-state index in [-0.39, 0.29) is 35.9 Å². The SMILES string of the molecule is CCOC1CC(N)(C(=O)N2CCCC(OC)C2)C1(C)C.Cl. The van der Waals surface area contributed by atoms with Crippen molar-refractivity contribution in [3.63, 3.8) is 0 Å². The van der Waals surface area contributed by atoms with Crippen molar-refractivity contribution in [2.24, 2.45) is 11.1 Å². The maximum Gasteiger partial charge on any atom is 0.243 e. The van der Waals surface area contributed by atoms with Gasteiger partial charge in [-0.2, -0.15) is 0 Å². The summed E-state index contributed by atoms with van der Waals surface area (Å²) in [6.07, 6.45) is 2.82. The highest BCUT2D eigenvalue weighted by Crippen LogP contribution is 2.50. The Bertz CT molecular complexity index is 378. The van der Waals surface area contributed by atoms with Gasteiger partial charge in [-0.1, -0.05) is 13.8 Å². The molecular weight excluding hydrogens is 292 g/mol. The topological polar surface area (TPSA) is 64.8 Å². The third kappa shape index (κ3) is 3.07. The fraction of sp³-hybridized carbons (Fsp3) is 0.933. The Hall–Kier alpha value is -0.360. The Labute approximate surface area is 133 Å². The number of rotatable bonds is 4. The summed E-state index contributed by atoms with van der Waals surface area (Å²) in [6, 6.07) is 0. The molecule has 3 atom stereocenters. The second kappa shape index (κ2) is 6.82. The highest BCUT2D eigenvalue weighted by atomic mass is 35.5. The maximum absolute atomic E-state index is 12.8. The van der Waals surface area contributed by atoms with E-state index in [0.717, 1.165) is 19.4 Å². The number of halogens is 1. The fourth-order valence-corrected chi connectivity index (χ4v) is 3.40. The lowest BCUT2D eigenvalue weighted by molar-refractivity contribution is -0.181. The van der Waals surface area contributed by atoms with Crippen LogP contribution in [0, 0.1) is 5.41 Å². The van der Waals surface area contributed by atoms with Crippen molar-refractivity contribution in [2.75, 3.05) is 26.8 Å². The maximum atomic E-state index is 12.8. The van der Waals surface area contributed by atoms with Gasteiger partial charge in [-0.15, -0.1) is 12.4 Å². The Balaban J connectivity index is 0.00000220. The third-order valence-corrected chi connectivity index (χ3v) is 5.21. The van der Waals surface area contributed by atoms with Crippen LogP contribution in [0.2, 0.25) is 0 Å². The molecule has 2 aliphatic rings. The standard InChI is InChI=1S/C15H28N2O3.ClH/c1-5-20-12-9-15(16,14(12,2)3)13(18)17-8-6-7-11(10-17)19-4;/h11-12H,5-10,16H2,1-4H3;1H. The summed E-state index contributed by atoms with van der Waals surface area (Å²) in [6.45, 7) is 8.14. The summed E-state index contributed by atoms with van der Waals surface area (Å²) >= 11 is 0. The Morgan fingerprint density at radius 1 is 1.43 bits per heavy atom. The molecule has 0 aromatic rings. The number of nitrogens with zero attached hydrogens (tertiary/aromatic N) is 1. The second-order valence-corrected chi connectivity index (χ2v) is 6.59. The van der Waals surface area contributed by atoms with Crippen molar-refractivity contribution in [3.05, 3.63) is 0 Å². The van der Waals surface area contributed by atoms with E-state index in [0.29, 0.717) is 19.6 Å². The normalized spacial score (nSPS) is 34.8. The molecule has 0 aromatic heterocycles. The Morgan fingerprint density at radius 2 is 2.10 bits per heavy atom. The van der Waals surface area contributed by atoms with E-state index in [1.165, 1.54) is 0 Å². The number of amides is 1. The molecule has 1 amide bonds. The van der Waals surface area contributed by atoms with E-state index >= 15 is 0 Å².